The molecule has 1 heterocycles. The molecule has 114 valence electrons. The van der Waals surface area contributed by atoms with E-state index in [9.17, 15) is 13.2 Å². The zero-order valence-corrected chi connectivity index (χ0v) is 11.8. The summed E-state index contributed by atoms with van der Waals surface area (Å²) in [5, 5.41) is 8.92. The molecule has 2 rings (SSSR count). The van der Waals surface area contributed by atoms with Gasteiger partial charge in [0.25, 0.3) is 0 Å². The molecule has 1 aromatic carbocycles. The van der Waals surface area contributed by atoms with Crippen LogP contribution < -0.4 is 4.74 Å². The van der Waals surface area contributed by atoms with Gasteiger partial charge in [0.15, 0.2) is 0 Å². The molecular weight excluding hydrogens is 281 g/mol. The smallest absolute Gasteiger partial charge is 0.393 e. The van der Waals surface area contributed by atoms with Crippen molar-refractivity contribution in [3.05, 3.63) is 29.3 Å². The lowest BCUT2D eigenvalue weighted by atomic mass is 9.97. The van der Waals surface area contributed by atoms with Crippen LogP contribution in [0.3, 0.4) is 0 Å². The van der Waals surface area contributed by atoms with Crippen LogP contribution in [0.2, 0.25) is 0 Å². The summed E-state index contributed by atoms with van der Waals surface area (Å²) < 4.78 is 43.5. The SMILES string of the molecule is COc1cc(CN2CCCC(C(F)(F)F)C2)ccc1C#N. The van der Waals surface area contributed by atoms with Crippen molar-refractivity contribution in [3.63, 3.8) is 0 Å². The quantitative estimate of drug-likeness (QED) is 0.858. The maximum Gasteiger partial charge on any atom is 0.393 e. The fourth-order valence-corrected chi connectivity index (χ4v) is 2.65. The molecule has 0 spiro atoms. The molecule has 6 heteroatoms. The topological polar surface area (TPSA) is 36.3 Å². The number of benzene rings is 1. The Bertz CT molecular complexity index is 537. The maximum atomic E-state index is 12.8. The number of likely N-dealkylation sites (tertiary alicyclic amines) is 1. The van der Waals surface area contributed by atoms with Crippen LogP contribution in [0.15, 0.2) is 18.2 Å². The lowest BCUT2D eigenvalue weighted by Crippen LogP contribution is -2.41. The van der Waals surface area contributed by atoms with Gasteiger partial charge in [-0.05, 0) is 37.1 Å². The first-order valence-electron chi connectivity index (χ1n) is 6.80. The third-order valence-corrected chi connectivity index (χ3v) is 3.76. The van der Waals surface area contributed by atoms with Crippen molar-refractivity contribution in [2.45, 2.75) is 25.6 Å². The van der Waals surface area contributed by atoms with Gasteiger partial charge in [-0.25, -0.2) is 0 Å². The van der Waals surface area contributed by atoms with E-state index < -0.39 is 12.1 Å². The standard InChI is InChI=1S/C15H17F3N2O/c1-21-14-7-11(4-5-12(14)8-19)9-20-6-2-3-13(10-20)15(16,17)18/h4-5,7,13H,2-3,6,9-10H2,1H3. The largest absolute Gasteiger partial charge is 0.495 e. The van der Waals surface area contributed by atoms with E-state index in [2.05, 4.69) is 0 Å². The second-order valence-corrected chi connectivity index (χ2v) is 5.26. The third kappa shape index (κ3) is 3.88. The summed E-state index contributed by atoms with van der Waals surface area (Å²) in [7, 11) is 1.47. The predicted molar refractivity (Wildman–Crippen MR) is 71.8 cm³/mol. The van der Waals surface area contributed by atoms with Crippen molar-refractivity contribution in [2.75, 3.05) is 20.2 Å². The first kappa shape index (κ1) is 15.6. The summed E-state index contributed by atoms with van der Waals surface area (Å²) in [6.07, 6.45) is -3.37. The molecule has 0 aromatic heterocycles. The summed E-state index contributed by atoms with van der Waals surface area (Å²) in [5.74, 6) is -0.786. The van der Waals surface area contributed by atoms with Crippen molar-refractivity contribution < 1.29 is 17.9 Å². The number of hydrogen-bond acceptors (Lipinski definition) is 3. The first-order valence-corrected chi connectivity index (χ1v) is 6.80. The monoisotopic (exact) mass is 298 g/mol. The Kier molecular flexibility index (Phi) is 4.73. The molecule has 1 fully saturated rings. The molecule has 1 atom stereocenters. The van der Waals surface area contributed by atoms with Gasteiger partial charge >= 0.3 is 6.18 Å². The highest BCUT2D eigenvalue weighted by Crippen LogP contribution is 2.33. The number of rotatable bonds is 3. The summed E-state index contributed by atoms with van der Waals surface area (Å²) in [4.78, 5) is 1.81. The molecule has 1 aliphatic rings. The molecule has 1 unspecified atom stereocenters. The number of alkyl halides is 3. The van der Waals surface area contributed by atoms with Crippen molar-refractivity contribution in [1.29, 1.82) is 5.26 Å². The van der Waals surface area contributed by atoms with Gasteiger partial charge in [-0.3, -0.25) is 4.90 Å². The molecule has 0 radical (unpaired) electrons. The van der Waals surface area contributed by atoms with Crippen LogP contribution in [0.5, 0.6) is 5.75 Å². The second-order valence-electron chi connectivity index (χ2n) is 5.26. The van der Waals surface area contributed by atoms with Gasteiger partial charge in [-0.15, -0.1) is 0 Å². The molecule has 0 N–H and O–H groups in total. The highest BCUT2D eigenvalue weighted by molar-refractivity contribution is 5.45. The van der Waals surface area contributed by atoms with Crippen molar-refractivity contribution >= 4 is 0 Å². The van der Waals surface area contributed by atoms with Gasteiger partial charge < -0.3 is 4.74 Å². The zero-order chi connectivity index (χ0) is 15.5. The van der Waals surface area contributed by atoms with Crippen LogP contribution in [0.4, 0.5) is 13.2 Å². The van der Waals surface area contributed by atoms with Gasteiger partial charge in [-0.1, -0.05) is 6.07 Å². The van der Waals surface area contributed by atoms with Crippen LogP contribution >= 0.6 is 0 Å². The Labute approximate surface area is 121 Å². The lowest BCUT2D eigenvalue weighted by molar-refractivity contribution is -0.187. The van der Waals surface area contributed by atoms with Gasteiger partial charge in [0.05, 0.1) is 18.6 Å². The molecule has 0 saturated carbocycles. The number of halogens is 3. The van der Waals surface area contributed by atoms with E-state index in [0.717, 1.165) is 5.56 Å². The second kappa shape index (κ2) is 6.35. The van der Waals surface area contributed by atoms with Gasteiger partial charge in [0, 0.05) is 13.1 Å². The average Bonchev–Trinajstić information content (AvgIpc) is 2.46. The van der Waals surface area contributed by atoms with Crippen LogP contribution in [0, 0.1) is 17.2 Å². The van der Waals surface area contributed by atoms with Crippen molar-refractivity contribution in [1.82, 2.24) is 4.90 Å². The fraction of sp³-hybridized carbons (Fsp3) is 0.533. The minimum Gasteiger partial charge on any atom is -0.495 e. The number of piperidine rings is 1. The maximum absolute atomic E-state index is 12.8. The van der Waals surface area contributed by atoms with E-state index in [1.807, 2.05) is 11.0 Å². The summed E-state index contributed by atoms with van der Waals surface area (Å²) in [6.45, 7) is 1.13. The van der Waals surface area contributed by atoms with Gasteiger partial charge in [0.2, 0.25) is 0 Å². The molecular formula is C15H17F3N2O. The van der Waals surface area contributed by atoms with Gasteiger partial charge in [-0.2, -0.15) is 18.4 Å². The highest BCUT2D eigenvalue weighted by Gasteiger charge is 2.41. The molecule has 0 amide bonds. The average molecular weight is 298 g/mol. The zero-order valence-electron chi connectivity index (χ0n) is 11.8. The number of nitrogens with zero attached hydrogens (tertiary/aromatic N) is 2. The van der Waals surface area contributed by atoms with Crippen LogP contribution in [-0.4, -0.2) is 31.3 Å². The molecule has 1 aromatic rings. The Balaban J connectivity index is 2.06. The number of ether oxygens (including phenoxy) is 1. The molecule has 21 heavy (non-hydrogen) atoms. The van der Waals surface area contributed by atoms with Crippen LogP contribution in [-0.2, 0) is 6.54 Å². The van der Waals surface area contributed by atoms with Crippen molar-refractivity contribution in [3.8, 4) is 11.8 Å². The van der Waals surface area contributed by atoms with E-state index in [0.29, 0.717) is 30.8 Å². The van der Waals surface area contributed by atoms with E-state index in [1.165, 1.54) is 7.11 Å². The predicted octanol–water partition coefficient (Wildman–Crippen LogP) is 3.34. The molecule has 1 aliphatic heterocycles. The van der Waals surface area contributed by atoms with Crippen LogP contribution in [0.1, 0.15) is 24.0 Å². The minimum atomic E-state index is -4.12. The van der Waals surface area contributed by atoms with Crippen LogP contribution in [0.25, 0.3) is 0 Å². The summed E-state index contributed by atoms with van der Waals surface area (Å²) in [5.41, 5.74) is 1.28. The van der Waals surface area contributed by atoms with E-state index >= 15 is 0 Å². The molecule has 0 aliphatic carbocycles. The third-order valence-electron chi connectivity index (χ3n) is 3.76. The highest BCUT2D eigenvalue weighted by atomic mass is 19.4. The number of nitriles is 1. The lowest BCUT2D eigenvalue weighted by Gasteiger charge is -2.33. The Morgan fingerprint density at radius 3 is 2.81 bits per heavy atom. The Morgan fingerprint density at radius 1 is 1.43 bits per heavy atom. The number of methoxy groups -OCH3 is 1. The summed E-state index contributed by atoms with van der Waals surface area (Å²) >= 11 is 0. The fourth-order valence-electron chi connectivity index (χ4n) is 2.65. The Morgan fingerprint density at radius 2 is 2.19 bits per heavy atom. The van der Waals surface area contributed by atoms with E-state index in [-0.39, 0.29) is 13.0 Å². The normalized spacial score (nSPS) is 20.0. The minimum absolute atomic E-state index is 0.0335. The molecule has 1 saturated heterocycles. The number of hydrogen-bond donors (Lipinski definition) is 0. The van der Waals surface area contributed by atoms with E-state index in [4.69, 9.17) is 10.00 Å². The summed E-state index contributed by atoms with van der Waals surface area (Å²) in [6, 6.07) is 7.14. The van der Waals surface area contributed by atoms with Gasteiger partial charge in [0.1, 0.15) is 11.8 Å². The van der Waals surface area contributed by atoms with Crippen molar-refractivity contribution in [2.24, 2.45) is 5.92 Å². The molecule has 3 nitrogen and oxygen atoms in total. The first-order chi connectivity index (χ1) is 9.94. The Hall–Kier alpha value is -1.74. The molecule has 0 bridgehead atoms. The van der Waals surface area contributed by atoms with E-state index in [1.54, 1.807) is 18.2 Å².